The first-order valence-electron chi connectivity index (χ1n) is 5.16. The molecule has 0 heterocycles. The largest absolute Gasteiger partial charge is 0.507 e. The van der Waals surface area contributed by atoms with Crippen molar-refractivity contribution in [3.05, 3.63) is 21.8 Å². The number of carbonyl (C=O) groups is 1. The first kappa shape index (κ1) is 14.1. The molecule has 1 aromatic rings. The van der Waals surface area contributed by atoms with Crippen molar-refractivity contribution in [3.63, 3.8) is 0 Å². The number of phenolic OH excluding ortho intramolecular Hbond substituents is 1. The van der Waals surface area contributed by atoms with Crippen molar-refractivity contribution in [1.82, 2.24) is 0 Å². The minimum absolute atomic E-state index is 0.201. The number of aromatic hydroxyl groups is 1. The third kappa shape index (κ3) is 4.07. The summed E-state index contributed by atoms with van der Waals surface area (Å²) in [5.74, 6) is 0.201. The number of hydrogen-bond donors (Lipinski definition) is 1. The number of anilines is 1. The minimum Gasteiger partial charge on any atom is -0.507 e. The lowest BCUT2D eigenvalue weighted by Gasteiger charge is -2.24. The average molecular weight is 349 g/mol. The topological polar surface area (TPSA) is 49.8 Å². The summed E-state index contributed by atoms with van der Waals surface area (Å²) in [5, 5.41) is 9.41. The molecule has 94 valence electrons. The Hall–Kier alpha value is -0.980. The lowest BCUT2D eigenvalue weighted by Crippen LogP contribution is -2.34. The van der Waals surface area contributed by atoms with Crippen LogP contribution in [-0.2, 0) is 4.74 Å². The molecule has 0 bridgehead atoms. The van der Waals surface area contributed by atoms with Crippen LogP contribution in [0.1, 0.15) is 20.8 Å². The molecule has 1 amide bonds. The highest BCUT2D eigenvalue weighted by molar-refractivity contribution is 14.1. The zero-order valence-electron chi connectivity index (χ0n) is 10.3. The maximum atomic E-state index is 11.8. The molecule has 0 spiro atoms. The van der Waals surface area contributed by atoms with Crippen molar-refractivity contribution in [1.29, 1.82) is 0 Å². The Morgan fingerprint density at radius 2 is 2.00 bits per heavy atom. The van der Waals surface area contributed by atoms with Crippen LogP contribution in [0.25, 0.3) is 0 Å². The van der Waals surface area contributed by atoms with Crippen LogP contribution in [-0.4, -0.2) is 23.8 Å². The molecule has 0 radical (unpaired) electrons. The fourth-order valence-electron chi connectivity index (χ4n) is 1.14. The van der Waals surface area contributed by atoms with E-state index in [1.807, 2.05) is 43.4 Å². The molecule has 0 saturated carbocycles. The van der Waals surface area contributed by atoms with Crippen LogP contribution in [0, 0.1) is 3.57 Å². The van der Waals surface area contributed by atoms with E-state index in [9.17, 15) is 9.90 Å². The molecule has 1 N–H and O–H groups in total. The molecule has 0 aliphatic heterocycles. The maximum absolute atomic E-state index is 11.8. The third-order valence-electron chi connectivity index (χ3n) is 1.99. The molecule has 0 aliphatic carbocycles. The molecule has 4 nitrogen and oxygen atoms in total. The Kier molecular flexibility index (Phi) is 4.24. The second-order valence-corrected chi connectivity index (χ2v) is 5.84. The minimum atomic E-state index is -0.518. The van der Waals surface area contributed by atoms with Crippen molar-refractivity contribution in [2.45, 2.75) is 26.4 Å². The number of halogens is 1. The maximum Gasteiger partial charge on any atom is 0.414 e. The fourth-order valence-corrected chi connectivity index (χ4v) is 1.64. The van der Waals surface area contributed by atoms with Crippen LogP contribution in [0.4, 0.5) is 10.5 Å². The number of ether oxygens (including phenoxy) is 1. The van der Waals surface area contributed by atoms with E-state index in [-0.39, 0.29) is 5.75 Å². The Bertz CT molecular complexity index is 426. The van der Waals surface area contributed by atoms with E-state index in [0.717, 1.165) is 0 Å². The number of carbonyl (C=O) groups excluding carboxylic acids is 1. The molecular weight excluding hydrogens is 333 g/mol. The first-order chi connectivity index (χ1) is 7.70. The van der Waals surface area contributed by atoms with Gasteiger partial charge in [-0.1, -0.05) is 0 Å². The van der Waals surface area contributed by atoms with E-state index in [2.05, 4.69) is 0 Å². The van der Waals surface area contributed by atoms with E-state index in [1.165, 1.54) is 4.90 Å². The van der Waals surface area contributed by atoms with Gasteiger partial charge in [-0.25, -0.2) is 4.79 Å². The zero-order chi connectivity index (χ0) is 13.2. The predicted molar refractivity (Wildman–Crippen MR) is 75.5 cm³/mol. The molecule has 17 heavy (non-hydrogen) atoms. The van der Waals surface area contributed by atoms with Gasteiger partial charge in [-0.2, -0.15) is 0 Å². The highest BCUT2D eigenvalue weighted by atomic mass is 127. The van der Waals surface area contributed by atoms with E-state index in [1.54, 1.807) is 25.2 Å². The molecule has 0 aliphatic rings. The number of benzene rings is 1. The van der Waals surface area contributed by atoms with Crippen molar-refractivity contribution in [2.24, 2.45) is 0 Å². The van der Waals surface area contributed by atoms with E-state index < -0.39 is 11.7 Å². The Morgan fingerprint density at radius 1 is 1.41 bits per heavy atom. The van der Waals surface area contributed by atoms with Crippen LogP contribution in [0.5, 0.6) is 5.75 Å². The molecule has 1 rings (SSSR count). The molecule has 1 aromatic carbocycles. The van der Waals surface area contributed by atoms with Gasteiger partial charge < -0.3 is 9.84 Å². The predicted octanol–water partition coefficient (Wildman–Crippen LogP) is 3.37. The summed E-state index contributed by atoms with van der Waals surface area (Å²) >= 11 is 2.01. The molecule has 0 atom stereocenters. The molecule has 0 saturated heterocycles. The summed E-state index contributed by atoms with van der Waals surface area (Å²) in [6.07, 6.45) is -0.418. The summed E-state index contributed by atoms with van der Waals surface area (Å²) < 4.78 is 5.94. The highest BCUT2D eigenvalue weighted by Gasteiger charge is 2.20. The van der Waals surface area contributed by atoms with Crippen LogP contribution in [0.2, 0.25) is 0 Å². The number of phenols is 1. The van der Waals surface area contributed by atoms with Gasteiger partial charge >= 0.3 is 6.09 Å². The van der Waals surface area contributed by atoms with Gasteiger partial charge in [-0.05, 0) is 61.6 Å². The van der Waals surface area contributed by atoms with E-state index in [4.69, 9.17) is 4.74 Å². The normalized spacial score (nSPS) is 11.1. The summed E-state index contributed by atoms with van der Waals surface area (Å²) in [6, 6.07) is 4.94. The van der Waals surface area contributed by atoms with Gasteiger partial charge in [0.05, 0.1) is 3.57 Å². The van der Waals surface area contributed by atoms with Gasteiger partial charge in [0, 0.05) is 12.7 Å². The molecule has 0 unspecified atom stereocenters. The second kappa shape index (κ2) is 5.12. The second-order valence-electron chi connectivity index (χ2n) is 4.68. The Labute approximate surface area is 115 Å². The van der Waals surface area contributed by atoms with Crippen LogP contribution in [0.3, 0.4) is 0 Å². The first-order valence-corrected chi connectivity index (χ1v) is 6.24. The average Bonchev–Trinajstić information content (AvgIpc) is 2.18. The third-order valence-corrected chi connectivity index (χ3v) is 2.85. The molecule has 5 heteroatoms. The SMILES string of the molecule is CN(C(=O)OC(C)(C)C)c1ccc(O)c(I)c1. The summed E-state index contributed by atoms with van der Waals surface area (Å²) in [5.41, 5.74) is 0.163. The Balaban J connectivity index is 2.85. The molecular formula is C12H16INO3. The molecule has 0 fully saturated rings. The summed E-state index contributed by atoms with van der Waals surface area (Å²) in [4.78, 5) is 13.2. The lowest BCUT2D eigenvalue weighted by molar-refractivity contribution is 0.0589. The summed E-state index contributed by atoms with van der Waals surface area (Å²) in [7, 11) is 1.64. The van der Waals surface area contributed by atoms with Gasteiger partial charge in [0.25, 0.3) is 0 Å². The Morgan fingerprint density at radius 3 is 2.47 bits per heavy atom. The van der Waals surface area contributed by atoms with Gasteiger partial charge in [0.2, 0.25) is 0 Å². The van der Waals surface area contributed by atoms with Crippen molar-refractivity contribution < 1.29 is 14.6 Å². The van der Waals surface area contributed by atoms with Crippen molar-refractivity contribution in [2.75, 3.05) is 11.9 Å². The van der Waals surface area contributed by atoms with Crippen molar-refractivity contribution >= 4 is 34.4 Å². The van der Waals surface area contributed by atoms with Gasteiger partial charge in [-0.15, -0.1) is 0 Å². The molecule has 0 aromatic heterocycles. The summed E-state index contributed by atoms with van der Waals surface area (Å²) in [6.45, 7) is 5.46. The quantitative estimate of drug-likeness (QED) is 0.791. The fraction of sp³-hybridized carbons (Fsp3) is 0.417. The zero-order valence-corrected chi connectivity index (χ0v) is 12.5. The van der Waals surface area contributed by atoms with Gasteiger partial charge in [0.1, 0.15) is 11.4 Å². The smallest absolute Gasteiger partial charge is 0.414 e. The number of rotatable bonds is 1. The monoisotopic (exact) mass is 349 g/mol. The van der Waals surface area contributed by atoms with E-state index >= 15 is 0 Å². The van der Waals surface area contributed by atoms with Gasteiger partial charge in [-0.3, -0.25) is 4.90 Å². The highest BCUT2D eigenvalue weighted by Crippen LogP contribution is 2.25. The number of nitrogens with zero attached hydrogens (tertiary/aromatic N) is 1. The number of amides is 1. The standard InChI is InChI=1S/C12H16INO3/c1-12(2,3)17-11(16)14(4)8-5-6-10(15)9(13)7-8/h5-7,15H,1-4H3. The van der Waals surface area contributed by atoms with Gasteiger partial charge in [0.15, 0.2) is 0 Å². The number of hydrogen-bond acceptors (Lipinski definition) is 3. The van der Waals surface area contributed by atoms with Crippen molar-refractivity contribution in [3.8, 4) is 5.75 Å². The lowest BCUT2D eigenvalue weighted by atomic mass is 10.2. The van der Waals surface area contributed by atoms with Crippen LogP contribution >= 0.6 is 22.6 Å². The van der Waals surface area contributed by atoms with Crippen LogP contribution in [0.15, 0.2) is 18.2 Å². The van der Waals surface area contributed by atoms with E-state index in [0.29, 0.717) is 9.26 Å². The van der Waals surface area contributed by atoms with Crippen LogP contribution < -0.4 is 4.90 Å².